The average Bonchev–Trinajstić information content (AvgIpc) is 2.64. The Bertz CT molecular complexity index is 811. The van der Waals surface area contributed by atoms with Crippen LogP contribution in [0.1, 0.15) is 27.7 Å². The van der Waals surface area contributed by atoms with Crippen LogP contribution in [0.25, 0.3) is 0 Å². The molecule has 0 aromatic heterocycles. The van der Waals surface area contributed by atoms with E-state index >= 15 is 0 Å². The summed E-state index contributed by atoms with van der Waals surface area (Å²) in [5.74, 6) is 0.729. The Balaban J connectivity index is 1.93. The number of anilines is 3. The molecule has 0 amide bonds. The largest absolute Gasteiger partial charge is 0.485 e. The topological polar surface area (TPSA) is 32.7 Å². The molecule has 1 N–H and O–H groups in total. The summed E-state index contributed by atoms with van der Waals surface area (Å²) in [5, 5.41) is 10.3. The van der Waals surface area contributed by atoms with Gasteiger partial charge in [0.25, 0.3) is 0 Å². The van der Waals surface area contributed by atoms with Gasteiger partial charge >= 0.3 is 0 Å². The molecule has 0 fully saturated rings. The van der Waals surface area contributed by atoms with Crippen molar-refractivity contribution >= 4 is 17.1 Å². The van der Waals surface area contributed by atoms with Crippen molar-refractivity contribution in [2.24, 2.45) is 0 Å². The first-order valence-corrected chi connectivity index (χ1v) is 9.20. The minimum atomic E-state index is -0.953. The molecule has 0 saturated heterocycles. The standard InChI is InChI=1S/C24H27NO2/c1-23(2,26)24(3,4)27-22-17-15-21(16-18-22)25(19-11-7-5-8-12-19)20-13-9-6-10-14-20/h5-18,26H,1-4H3. The minimum absolute atomic E-state index is 0.701. The summed E-state index contributed by atoms with van der Waals surface area (Å²) in [4.78, 5) is 2.20. The second kappa shape index (κ2) is 7.45. The number of nitrogens with zero attached hydrogens (tertiary/aromatic N) is 1. The van der Waals surface area contributed by atoms with Gasteiger partial charge in [0.05, 0.1) is 5.60 Å². The molecule has 0 aliphatic rings. The first-order valence-electron chi connectivity index (χ1n) is 9.20. The van der Waals surface area contributed by atoms with E-state index in [0.717, 1.165) is 22.8 Å². The SMILES string of the molecule is CC(C)(O)C(C)(C)Oc1ccc(N(c2ccccc2)c2ccccc2)cc1. The third-order valence-corrected chi connectivity index (χ3v) is 4.97. The van der Waals surface area contributed by atoms with Crippen LogP contribution in [0.4, 0.5) is 17.1 Å². The number of para-hydroxylation sites is 2. The van der Waals surface area contributed by atoms with E-state index in [1.165, 1.54) is 0 Å². The van der Waals surface area contributed by atoms with E-state index in [-0.39, 0.29) is 0 Å². The fourth-order valence-electron chi connectivity index (χ4n) is 2.68. The Morgan fingerprint density at radius 2 is 1.04 bits per heavy atom. The molecule has 0 radical (unpaired) electrons. The first kappa shape index (κ1) is 19.0. The van der Waals surface area contributed by atoms with Crippen LogP contribution in [0.15, 0.2) is 84.9 Å². The molecule has 27 heavy (non-hydrogen) atoms. The van der Waals surface area contributed by atoms with Crippen molar-refractivity contribution in [1.82, 2.24) is 0 Å². The normalized spacial score (nSPS) is 11.9. The second-order valence-corrected chi connectivity index (χ2v) is 7.67. The second-order valence-electron chi connectivity index (χ2n) is 7.67. The molecule has 140 valence electrons. The predicted molar refractivity (Wildman–Crippen MR) is 112 cm³/mol. The van der Waals surface area contributed by atoms with E-state index in [2.05, 4.69) is 29.2 Å². The van der Waals surface area contributed by atoms with Crippen LogP contribution in [0.5, 0.6) is 5.75 Å². The van der Waals surface area contributed by atoms with Gasteiger partial charge in [-0.25, -0.2) is 0 Å². The number of benzene rings is 3. The van der Waals surface area contributed by atoms with E-state index in [1.54, 1.807) is 13.8 Å². The van der Waals surface area contributed by atoms with Gasteiger partial charge in [-0.1, -0.05) is 36.4 Å². The molecule has 0 saturated carbocycles. The maximum atomic E-state index is 10.3. The van der Waals surface area contributed by atoms with E-state index in [0.29, 0.717) is 0 Å². The van der Waals surface area contributed by atoms with Crippen LogP contribution in [0, 0.1) is 0 Å². The summed E-state index contributed by atoms with van der Waals surface area (Å²) in [6, 6.07) is 28.5. The van der Waals surface area contributed by atoms with Crippen molar-refractivity contribution in [1.29, 1.82) is 0 Å². The lowest BCUT2D eigenvalue weighted by Crippen LogP contribution is -2.49. The molecule has 0 aliphatic heterocycles. The molecule has 3 aromatic rings. The summed E-state index contributed by atoms with van der Waals surface area (Å²) in [7, 11) is 0. The number of rotatable bonds is 6. The van der Waals surface area contributed by atoms with E-state index in [9.17, 15) is 5.11 Å². The fraction of sp³-hybridized carbons (Fsp3) is 0.250. The number of ether oxygens (including phenoxy) is 1. The zero-order valence-electron chi connectivity index (χ0n) is 16.4. The van der Waals surface area contributed by atoms with Crippen molar-refractivity contribution in [2.75, 3.05) is 4.90 Å². The van der Waals surface area contributed by atoms with Crippen LogP contribution in [-0.4, -0.2) is 16.3 Å². The Morgan fingerprint density at radius 3 is 1.44 bits per heavy atom. The van der Waals surface area contributed by atoms with Crippen molar-refractivity contribution in [3.8, 4) is 5.75 Å². The highest BCUT2D eigenvalue weighted by Crippen LogP contribution is 2.36. The van der Waals surface area contributed by atoms with Gasteiger partial charge in [-0.05, 0) is 76.2 Å². The summed E-state index contributed by atoms with van der Waals surface area (Å²) in [6.07, 6.45) is 0. The first-order chi connectivity index (χ1) is 12.8. The molecule has 3 rings (SSSR count). The molecular formula is C24H27NO2. The maximum Gasteiger partial charge on any atom is 0.131 e. The third-order valence-electron chi connectivity index (χ3n) is 4.97. The van der Waals surface area contributed by atoms with Gasteiger partial charge in [0.1, 0.15) is 11.4 Å². The highest BCUT2D eigenvalue weighted by molar-refractivity contribution is 5.76. The summed E-state index contributed by atoms with van der Waals surface area (Å²) in [6.45, 7) is 7.30. The van der Waals surface area contributed by atoms with Crippen LogP contribution in [0.2, 0.25) is 0 Å². The molecule has 3 heteroatoms. The highest BCUT2D eigenvalue weighted by Gasteiger charge is 2.37. The van der Waals surface area contributed by atoms with Gasteiger partial charge in [-0.15, -0.1) is 0 Å². The zero-order valence-corrected chi connectivity index (χ0v) is 16.4. The molecule has 0 unspecified atom stereocenters. The van der Waals surface area contributed by atoms with E-state index in [4.69, 9.17) is 4.74 Å². The molecule has 0 spiro atoms. The van der Waals surface area contributed by atoms with Crippen molar-refractivity contribution in [3.63, 3.8) is 0 Å². The monoisotopic (exact) mass is 361 g/mol. The summed E-state index contributed by atoms with van der Waals surface area (Å²) in [5.41, 5.74) is 1.57. The lowest BCUT2D eigenvalue weighted by Gasteiger charge is -2.37. The van der Waals surface area contributed by atoms with Crippen molar-refractivity contribution < 1.29 is 9.84 Å². The average molecular weight is 361 g/mol. The molecule has 3 aromatic carbocycles. The Labute approximate surface area is 161 Å². The fourth-order valence-corrected chi connectivity index (χ4v) is 2.68. The summed E-state index contributed by atoms with van der Waals surface area (Å²) < 4.78 is 6.04. The third kappa shape index (κ3) is 4.32. The Hall–Kier alpha value is -2.78. The molecule has 0 bridgehead atoms. The quantitative estimate of drug-likeness (QED) is 0.577. The van der Waals surface area contributed by atoms with Gasteiger partial charge in [0, 0.05) is 17.1 Å². The highest BCUT2D eigenvalue weighted by atomic mass is 16.5. The molecule has 0 heterocycles. The smallest absolute Gasteiger partial charge is 0.131 e. The summed E-state index contributed by atoms with van der Waals surface area (Å²) >= 11 is 0. The van der Waals surface area contributed by atoms with Gasteiger partial charge in [0.15, 0.2) is 0 Å². The van der Waals surface area contributed by atoms with Crippen LogP contribution < -0.4 is 9.64 Å². The Kier molecular flexibility index (Phi) is 5.24. The lowest BCUT2D eigenvalue weighted by molar-refractivity contribution is -0.0906. The van der Waals surface area contributed by atoms with Gasteiger partial charge in [0.2, 0.25) is 0 Å². The van der Waals surface area contributed by atoms with Crippen LogP contribution >= 0.6 is 0 Å². The van der Waals surface area contributed by atoms with Gasteiger partial charge in [-0.3, -0.25) is 0 Å². The molecule has 3 nitrogen and oxygen atoms in total. The van der Waals surface area contributed by atoms with Crippen molar-refractivity contribution in [2.45, 2.75) is 38.9 Å². The minimum Gasteiger partial charge on any atom is -0.485 e. The lowest BCUT2D eigenvalue weighted by atomic mass is 9.89. The molecule has 0 aliphatic carbocycles. The number of hydrogen-bond acceptors (Lipinski definition) is 3. The number of hydrogen-bond donors (Lipinski definition) is 1. The predicted octanol–water partition coefficient (Wildman–Crippen LogP) is 6.08. The van der Waals surface area contributed by atoms with E-state index in [1.807, 2.05) is 74.5 Å². The molecule has 0 atom stereocenters. The Morgan fingerprint density at radius 1 is 0.630 bits per heavy atom. The van der Waals surface area contributed by atoms with Gasteiger partial charge in [-0.2, -0.15) is 0 Å². The number of aliphatic hydroxyl groups is 1. The maximum absolute atomic E-state index is 10.3. The van der Waals surface area contributed by atoms with Crippen LogP contribution in [-0.2, 0) is 0 Å². The van der Waals surface area contributed by atoms with Crippen molar-refractivity contribution in [3.05, 3.63) is 84.9 Å². The zero-order chi connectivity index (χ0) is 19.5. The van der Waals surface area contributed by atoms with Crippen LogP contribution in [0.3, 0.4) is 0 Å². The molecular weight excluding hydrogens is 334 g/mol. The van der Waals surface area contributed by atoms with E-state index < -0.39 is 11.2 Å². The van der Waals surface area contributed by atoms with Gasteiger partial charge < -0.3 is 14.7 Å².